The van der Waals surface area contributed by atoms with Crippen molar-refractivity contribution in [2.75, 3.05) is 5.32 Å². The maximum atomic E-state index is 12.7. The highest BCUT2D eigenvalue weighted by molar-refractivity contribution is 5.98. The van der Waals surface area contributed by atoms with Crippen molar-refractivity contribution in [2.24, 2.45) is 0 Å². The Kier molecular flexibility index (Phi) is 5.26. The van der Waals surface area contributed by atoms with Gasteiger partial charge in [-0.3, -0.25) is 9.20 Å². The van der Waals surface area contributed by atoms with E-state index in [9.17, 15) is 9.90 Å². The molecule has 5 rings (SSSR count). The summed E-state index contributed by atoms with van der Waals surface area (Å²) in [6.07, 6.45) is 6.84. The van der Waals surface area contributed by atoms with Gasteiger partial charge in [0.1, 0.15) is 0 Å². The van der Waals surface area contributed by atoms with Gasteiger partial charge in [-0.15, -0.1) is 0 Å². The van der Waals surface area contributed by atoms with Gasteiger partial charge < -0.3 is 15.7 Å². The van der Waals surface area contributed by atoms with Crippen LogP contribution in [0.1, 0.15) is 41.6 Å². The zero-order chi connectivity index (χ0) is 21.2. The Morgan fingerprint density at radius 3 is 2.71 bits per heavy atom. The molecule has 1 aliphatic carbocycles. The number of amides is 1. The minimum Gasteiger partial charge on any atom is -0.393 e. The maximum Gasteiger partial charge on any atom is 0.251 e. The van der Waals surface area contributed by atoms with E-state index in [0.717, 1.165) is 47.9 Å². The van der Waals surface area contributed by atoms with Gasteiger partial charge in [-0.25, -0.2) is 9.97 Å². The second-order valence-electron chi connectivity index (χ2n) is 8.10. The van der Waals surface area contributed by atoms with Crippen LogP contribution in [0, 0.1) is 0 Å². The lowest BCUT2D eigenvalue weighted by molar-refractivity contribution is 0.0951. The average molecular weight is 415 g/mol. The number of carbonyl (C=O) groups is 1. The van der Waals surface area contributed by atoms with Crippen LogP contribution in [0.2, 0.25) is 0 Å². The Bertz CT molecular complexity index is 1210. The lowest BCUT2D eigenvalue weighted by atomic mass is 9.93. The summed E-state index contributed by atoms with van der Waals surface area (Å²) >= 11 is 0. The smallest absolute Gasteiger partial charge is 0.251 e. The average Bonchev–Trinajstić information content (AvgIpc) is 3.30. The zero-order valence-corrected chi connectivity index (χ0v) is 17.2. The van der Waals surface area contributed by atoms with E-state index in [1.165, 1.54) is 0 Å². The highest BCUT2D eigenvalue weighted by Crippen LogP contribution is 2.26. The maximum absolute atomic E-state index is 12.7. The first-order valence-electron chi connectivity index (χ1n) is 10.7. The summed E-state index contributed by atoms with van der Waals surface area (Å²) in [5.41, 5.74) is 4.02. The number of aliphatic hydroxyl groups excluding tert-OH is 1. The van der Waals surface area contributed by atoms with Crippen LogP contribution in [0.3, 0.4) is 0 Å². The molecule has 2 heterocycles. The van der Waals surface area contributed by atoms with E-state index in [-0.39, 0.29) is 18.1 Å². The quantitative estimate of drug-likeness (QED) is 0.464. The fourth-order valence-corrected chi connectivity index (χ4v) is 4.19. The first kappa shape index (κ1) is 19.5. The van der Waals surface area contributed by atoms with Crippen LogP contribution in [0.25, 0.3) is 16.7 Å². The van der Waals surface area contributed by atoms with Crippen LogP contribution in [0.5, 0.6) is 0 Å². The number of aromatic nitrogens is 3. The minimum absolute atomic E-state index is 0.131. The number of rotatable bonds is 5. The van der Waals surface area contributed by atoms with Crippen molar-refractivity contribution in [3.63, 3.8) is 0 Å². The summed E-state index contributed by atoms with van der Waals surface area (Å²) in [4.78, 5) is 22.0. The standard InChI is InChI=1S/C24H25N5O2/c30-19-9-7-18(8-10-19)27-22-23-25-12-13-29(23)21-11-6-17(14-20(21)28-22)24(31)26-15-16-4-2-1-3-5-16/h1-6,11-14,18-19,30H,7-10,15H2,(H,26,31)(H,27,28). The van der Waals surface area contributed by atoms with Crippen molar-refractivity contribution >= 4 is 28.4 Å². The Hall–Kier alpha value is -3.45. The molecule has 2 aromatic carbocycles. The Balaban J connectivity index is 1.42. The number of benzene rings is 2. The molecule has 2 aromatic heterocycles. The molecule has 0 saturated heterocycles. The molecule has 1 saturated carbocycles. The molecule has 4 aromatic rings. The first-order chi connectivity index (χ1) is 15.2. The van der Waals surface area contributed by atoms with E-state index < -0.39 is 0 Å². The molecule has 7 heteroatoms. The monoisotopic (exact) mass is 415 g/mol. The number of hydrogen-bond donors (Lipinski definition) is 3. The van der Waals surface area contributed by atoms with Crippen LogP contribution in [0.15, 0.2) is 60.9 Å². The van der Waals surface area contributed by atoms with Crippen molar-refractivity contribution in [2.45, 2.75) is 44.4 Å². The molecule has 0 unspecified atom stereocenters. The predicted molar refractivity (Wildman–Crippen MR) is 120 cm³/mol. The summed E-state index contributed by atoms with van der Waals surface area (Å²) in [5, 5.41) is 16.3. The van der Waals surface area contributed by atoms with Gasteiger partial charge in [-0.1, -0.05) is 30.3 Å². The third-order valence-corrected chi connectivity index (χ3v) is 5.92. The third kappa shape index (κ3) is 4.09. The summed E-state index contributed by atoms with van der Waals surface area (Å²) in [6, 6.07) is 15.7. The Labute approximate surface area is 180 Å². The second-order valence-corrected chi connectivity index (χ2v) is 8.10. The summed E-state index contributed by atoms with van der Waals surface area (Å²) in [7, 11) is 0. The van der Waals surface area contributed by atoms with Crippen molar-refractivity contribution < 1.29 is 9.90 Å². The van der Waals surface area contributed by atoms with Crippen molar-refractivity contribution in [1.82, 2.24) is 19.7 Å². The second kappa shape index (κ2) is 8.35. The minimum atomic E-state index is -0.203. The molecule has 158 valence electrons. The highest BCUT2D eigenvalue weighted by atomic mass is 16.3. The van der Waals surface area contributed by atoms with E-state index in [0.29, 0.717) is 17.9 Å². The highest BCUT2D eigenvalue weighted by Gasteiger charge is 2.21. The van der Waals surface area contributed by atoms with E-state index in [1.807, 2.05) is 59.1 Å². The van der Waals surface area contributed by atoms with Crippen molar-refractivity contribution in [3.8, 4) is 0 Å². The molecule has 0 bridgehead atoms. The molecule has 1 fully saturated rings. The number of hydrogen-bond acceptors (Lipinski definition) is 5. The van der Waals surface area contributed by atoms with Gasteiger partial charge in [-0.2, -0.15) is 0 Å². The zero-order valence-electron chi connectivity index (χ0n) is 17.2. The van der Waals surface area contributed by atoms with Gasteiger partial charge in [0.05, 0.1) is 17.1 Å². The van der Waals surface area contributed by atoms with Gasteiger partial charge in [0.2, 0.25) is 0 Å². The lowest BCUT2D eigenvalue weighted by Crippen LogP contribution is -2.28. The van der Waals surface area contributed by atoms with Gasteiger partial charge in [0, 0.05) is 30.5 Å². The topological polar surface area (TPSA) is 91.5 Å². The molecule has 3 N–H and O–H groups in total. The number of carbonyl (C=O) groups excluding carboxylic acids is 1. The summed E-state index contributed by atoms with van der Waals surface area (Å²) in [5.74, 6) is 0.579. The number of anilines is 1. The van der Waals surface area contributed by atoms with Crippen LogP contribution >= 0.6 is 0 Å². The number of nitrogens with zero attached hydrogens (tertiary/aromatic N) is 3. The van der Waals surface area contributed by atoms with Crippen LogP contribution in [-0.4, -0.2) is 37.5 Å². The van der Waals surface area contributed by atoms with Gasteiger partial charge in [-0.05, 0) is 49.4 Å². The normalized spacial score (nSPS) is 18.9. The molecule has 0 aliphatic heterocycles. The Morgan fingerprint density at radius 1 is 1.10 bits per heavy atom. The van der Waals surface area contributed by atoms with Crippen LogP contribution in [-0.2, 0) is 6.54 Å². The number of fused-ring (bicyclic) bond motifs is 3. The van der Waals surface area contributed by atoms with Gasteiger partial charge in [0.25, 0.3) is 5.91 Å². The molecular weight excluding hydrogens is 390 g/mol. The molecule has 7 nitrogen and oxygen atoms in total. The molecule has 0 spiro atoms. The number of aliphatic hydroxyl groups is 1. The van der Waals surface area contributed by atoms with Crippen molar-refractivity contribution in [1.29, 1.82) is 0 Å². The summed E-state index contributed by atoms with van der Waals surface area (Å²) < 4.78 is 1.99. The van der Waals surface area contributed by atoms with Crippen LogP contribution in [0.4, 0.5) is 5.82 Å². The lowest BCUT2D eigenvalue weighted by Gasteiger charge is -2.26. The first-order valence-corrected chi connectivity index (χ1v) is 10.7. The Morgan fingerprint density at radius 2 is 1.90 bits per heavy atom. The van der Waals surface area contributed by atoms with E-state index in [1.54, 1.807) is 6.20 Å². The molecule has 1 aliphatic rings. The molecule has 1 amide bonds. The molecule has 31 heavy (non-hydrogen) atoms. The third-order valence-electron chi connectivity index (χ3n) is 5.92. The van der Waals surface area contributed by atoms with Gasteiger partial charge >= 0.3 is 0 Å². The molecule has 0 atom stereocenters. The van der Waals surface area contributed by atoms with Crippen LogP contribution < -0.4 is 10.6 Å². The fourth-order valence-electron chi connectivity index (χ4n) is 4.19. The predicted octanol–water partition coefficient (Wildman–Crippen LogP) is 3.53. The summed E-state index contributed by atoms with van der Waals surface area (Å²) in [6.45, 7) is 0.478. The fraction of sp³-hybridized carbons (Fsp3) is 0.292. The number of nitrogens with one attached hydrogen (secondary N) is 2. The van der Waals surface area contributed by atoms with E-state index in [2.05, 4.69) is 15.6 Å². The SMILES string of the molecule is O=C(NCc1ccccc1)c1ccc2c(c1)nc(NC1CCC(O)CC1)c1nccn12. The van der Waals surface area contributed by atoms with E-state index in [4.69, 9.17) is 4.98 Å². The molecule has 0 radical (unpaired) electrons. The molecular formula is C24H25N5O2. The van der Waals surface area contributed by atoms with Crippen molar-refractivity contribution in [3.05, 3.63) is 72.1 Å². The number of imidazole rings is 1. The van der Waals surface area contributed by atoms with Gasteiger partial charge in [0.15, 0.2) is 11.5 Å². The van der Waals surface area contributed by atoms with E-state index >= 15 is 0 Å². The largest absolute Gasteiger partial charge is 0.393 e.